The second-order valence-corrected chi connectivity index (χ2v) is 4.46. The van der Waals surface area contributed by atoms with Crippen molar-refractivity contribution in [2.24, 2.45) is 0 Å². The fourth-order valence-corrected chi connectivity index (χ4v) is 1.89. The predicted molar refractivity (Wildman–Crippen MR) is 70.7 cm³/mol. The van der Waals surface area contributed by atoms with Crippen LogP contribution in [0.5, 0.6) is 11.5 Å². The van der Waals surface area contributed by atoms with Crippen LogP contribution in [0.15, 0.2) is 12.1 Å². The molecular weight excluding hydrogens is 246 g/mol. The maximum Gasteiger partial charge on any atom is 0.231 e. The van der Waals surface area contributed by atoms with Crippen LogP contribution in [0.25, 0.3) is 0 Å². The number of benzene rings is 1. The quantitative estimate of drug-likeness (QED) is 0.829. The van der Waals surface area contributed by atoms with Gasteiger partial charge in [-0.3, -0.25) is 9.59 Å². The first kappa shape index (κ1) is 13.4. The topological polar surface area (TPSA) is 64.6 Å². The monoisotopic (exact) mass is 263 g/mol. The predicted octanol–water partition coefficient (Wildman–Crippen LogP) is 2.75. The maximum atomic E-state index is 11.8. The molecule has 1 aliphatic heterocycles. The molecule has 1 aromatic carbocycles. The molecule has 0 aliphatic carbocycles. The highest BCUT2D eigenvalue weighted by molar-refractivity contribution is 6.04. The zero-order valence-corrected chi connectivity index (χ0v) is 11.1. The van der Waals surface area contributed by atoms with Crippen molar-refractivity contribution >= 4 is 17.4 Å². The summed E-state index contributed by atoms with van der Waals surface area (Å²) in [5, 5.41) is 2.76. The summed E-state index contributed by atoms with van der Waals surface area (Å²) in [6.45, 7) is 3.62. The minimum atomic E-state index is -0.121. The second-order valence-electron chi connectivity index (χ2n) is 4.46. The van der Waals surface area contributed by atoms with E-state index in [1.165, 1.54) is 6.92 Å². The van der Waals surface area contributed by atoms with Crippen LogP contribution in [0.2, 0.25) is 0 Å². The molecular formula is C14H17NO4. The number of rotatable bonds is 5. The molecule has 5 nitrogen and oxygen atoms in total. The number of unbranched alkanes of at least 4 members (excludes halogenated alkanes) is 1. The van der Waals surface area contributed by atoms with Gasteiger partial charge in [0.2, 0.25) is 12.7 Å². The first-order chi connectivity index (χ1) is 9.11. The number of carbonyl (C=O) groups excluding carboxylic acids is 2. The SMILES string of the molecule is CCCCC(=O)Nc1cc2c(cc1C(C)=O)OCO2. The molecule has 0 unspecified atom stereocenters. The van der Waals surface area contributed by atoms with Gasteiger partial charge in [0.1, 0.15) is 0 Å². The van der Waals surface area contributed by atoms with Crippen LogP contribution >= 0.6 is 0 Å². The average Bonchev–Trinajstić information content (AvgIpc) is 2.82. The zero-order valence-electron chi connectivity index (χ0n) is 11.1. The van der Waals surface area contributed by atoms with Crippen LogP contribution in [0.1, 0.15) is 43.5 Å². The lowest BCUT2D eigenvalue weighted by Crippen LogP contribution is -2.13. The summed E-state index contributed by atoms with van der Waals surface area (Å²) in [5.41, 5.74) is 0.923. The van der Waals surface area contributed by atoms with Crippen molar-refractivity contribution in [3.8, 4) is 11.5 Å². The van der Waals surface area contributed by atoms with Crippen LogP contribution in [-0.4, -0.2) is 18.5 Å². The zero-order chi connectivity index (χ0) is 13.8. The van der Waals surface area contributed by atoms with Crippen LogP contribution in [0.4, 0.5) is 5.69 Å². The van der Waals surface area contributed by atoms with Gasteiger partial charge in [-0.25, -0.2) is 0 Å². The molecule has 102 valence electrons. The molecule has 0 radical (unpaired) electrons. The van der Waals surface area contributed by atoms with Gasteiger partial charge in [0.25, 0.3) is 0 Å². The van der Waals surface area contributed by atoms with Crippen molar-refractivity contribution in [2.75, 3.05) is 12.1 Å². The van der Waals surface area contributed by atoms with Gasteiger partial charge in [-0.2, -0.15) is 0 Å². The van der Waals surface area contributed by atoms with E-state index in [-0.39, 0.29) is 18.5 Å². The molecule has 2 rings (SSSR count). The molecule has 1 aromatic rings. The van der Waals surface area contributed by atoms with Gasteiger partial charge in [-0.15, -0.1) is 0 Å². The molecule has 1 aliphatic rings. The third-order valence-electron chi connectivity index (χ3n) is 2.92. The molecule has 19 heavy (non-hydrogen) atoms. The van der Waals surface area contributed by atoms with E-state index in [1.807, 2.05) is 6.92 Å². The van der Waals surface area contributed by atoms with Gasteiger partial charge in [-0.05, 0) is 19.4 Å². The molecule has 1 heterocycles. The lowest BCUT2D eigenvalue weighted by atomic mass is 10.1. The number of ether oxygens (including phenoxy) is 2. The van der Waals surface area contributed by atoms with Crippen molar-refractivity contribution in [1.82, 2.24) is 0 Å². The van der Waals surface area contributed by atoms with E-state index >= 15 is 0 Å². The summed E-state index contributed by atoms with van der Waals surface area (Å²) in [5.74, 6) is 0.875. The summed E-state index contributed by atoms with van der Waals surface area (Å²) in [7, 11) is 0. The smallest absolute Gasteiger partial charge is 0.231 e. The van der Waals surface area contributed by atoms with E-state index in [2.05, 4.69) is 5.32 Å². The maximum absolute atomic E-state index is 11.8. The fraction of sp³-hybridized carbons (Fsp3) is 0.429. The number of hydrogen-bond donors (Lipinski definition) is 1. The summed E-state index contributed by atoms with van der Waals surface area (Å²) in [6.07, 6.45) is 2.22. The average molecular weight is 263 g/mol. The van der Waals surface area contributed by atoms with Crippen LogP contribution in [0, 0.1) is 0 Å². The van der Waals surface area contributed by atoms with Crippen LogP contribution in [-0.2, 0) is 4.79 Å². The van der Waals surface area contributed by atoms with E-state index in [0.717, 1.165) is 12.8 Å². The highest BCUT2D eigenvalue weighted by Gasteiger charge is 2.20. The number of Topliss-reactive ketones (excluding diaryl/α,β-unsaturated/α-hetero) is 1. The Bertz CT molecular complexity index is 510. The molecule has 0 saturated carbocycles. The van der Waals surface area contributed by atoms with Crippen molar-refractivity contribution < 1.29 is 19.1 Å². The Morgan fingerprint density at radius 3 is 2.58 bits per heavy atom. The Morgan fingerprint density at radius 1 is 1.26 bits per heavy atom. The van der Waals surface area contributed by atoms with E-state index in [9.17, 15) is 9.59 Å². The minimum absolute atomic E-state index is 0.0942. The lowest BCUT2D eigenvalue weighted by Gasteiger charge is -2.10. The fourth-order valence-electron chi connectivity index (χ4n) is 1.89. The Balaban J connectivity index is 2.23. The van der Waals surface area contributed by atoms with Crippen molar-refractivity contribution in [2.45, 2.75) is 33.1 Å². The number of amides is 1. The molecule has 0 fully saturated rings. The first-order valence-corrected chi connectivity index (χ1v) is 6.36. The van der Waals surface area contributed by atoms with E-state index in [0.29, 0.717) is 29.2 Å². The van der Waals surface area contributed by atoms with Gasteiger partial charge in [0.15, 0.2) is 17.3 Å². The first-order valence-electron chi connectivity index (χ1n) is 6.36. The highest BCUT2D eigenvalue weighted by atomic mass is 16.7. The standard InChI is InChI=1S/C14H17NO4/c1-3-4-5-14(17)15-11-7-13-12(18-8-19-13)6-10(11)9(2)16/h6-7H,3-5,8H2,1-2H3,(H,15,17). The van der Waals surface area contributed by atoms with Crippen molar-refractivity contribution in [3.05, 3.63) is 17.7 Å². The Hall–Kier alpha value is -2.04. The third kappa shape index (κ3) is 3.05. The van der Waals surface area contributed by atoms with E-state index in [4.69, 9.17) is 9.47 Å². The van der Waals surface area contributed by atoms with Crippen molar-refractivity contribution in [3.63, 3.8) is 0 Å². The van der Waals surface area contributed by atoms with Crippen molar-refractivity contribution in [1.29, 1.82) is 0 Å². The molecule has 0 bridgehead atoms. The molecule has 0 spiro atoms. The van der Waals surface area contributed by atoms with Crippen LogP contribution < -0.4 is 14.8 Å². The molecule has 1 amide bonds. The lowest BCUT2D eigenvalue weighted by molar-refractivity contribution is -0.116. The molecule has 5 heteroatoms. The van der Waals surface area contributed by atoms with Gasteiger partial charge in [0.05, 0.1) is 5.69 Å². The number of carbonyl (C=O) groups is 2. The van der Waals surface area contributed by atoms with Gasteiger partial charge in [-0.1, -0.05) is 13.3 Å². The molecule has 1 N–H and O–H groups in total. The van der Waals surface area contributed by atoms with Gasteiger partial charge < -0.3 is 14.8 Å². The van der Waals surface area contributed by atoms with Gasteiger partial charge >= 0.3 is 0 Å². The molecule has 0 atom stereocenters. The number of anilines is 1. The number of fused-ring (bicyclic) bond motifs is 1. The summed E-state index contributed by atoms with van der Waals surface area (Å²) in [4.78, 5) is 23.4. The summed E-state index contributed by atoms with van der Waals surface area (Å²) in [6, 6.07) is 3.25. The normalized spacial score (nSPS) is 12.3. The number of hydrogen-bond acceptors (Lipinski definition) is 4. The summed E-state index contributed by atoms with van der Waals surface area (Å²) < 4.78 is 10.5. The van der Waals surface area contributed by atoms with Gasteiger partial charge in [0, 0.05) is 18.1 Å². The third-order valence-corrected chi connectivity index (χ3v) is 2.92. The van der Waals surface area contributed by atoms with E-state index in [1.54, 1.807) is 12.1 Å². The Morgan fingerprint density at radius 2 is 1.95 bits per heavy atom. The Kier molecular flexibility index (Phi) is 4.04. The van der Waals surface area contributed by atoms with Crippen LogP contribution in [0.3, 0.4) is 0 Å². The largest absolute Gasteiger partial charge is 0.454 e. The Labute approximate surface area is 111 Å². The summed E-state index contributed by atoms with van der Waals surface area (Å²) >= 11 is 0. The number of ketones is 1. The second kappa shape index (κ2) is 5.73. The highest BCUT2D eigenvalue weighted by Crippen LogP contribution is 2.37. The van der Waals surface area contributed by atoms with E-state index < -0.39 is 0 Å². The molecule has 0 saturated heterocycles. The molecule has 0 aromatic heterocycles. The minimum Gasteiger partial charge on any atom is -0.454 e. The number of nitrogens with one attached hydrogen (secondary N) is 1.